The first kappa shape index (κ1) is 23.5. The van der Waals surface area contributed by atoms with Gasteiger partial charge in [0.2, 0.25) is 0 Å². The Bertz CT molecular complexity index is 1210. The fourth-order valence-electron chi connectivity index (χ4n) is 3.44. The summed E-state index contributed by atoms with van der Waals surface area (Å²) in [6, 6.07) is 15.5. The van der Waals surface area contributed by atoms with Gasteiger partial charge in [-0.3, -0.25) is 9.69 Å². The van der Waals surface area contributed by atoms with Crippen molar-refractivity contribution in [2.24, 2.45) is 0 Å². The summed E-state index contributed by atoms with van der Waals surface area (Å²) in [7, 11) is 0. The maximum atomic E-state index is 12.8. The van der Waals surface area contributed by atoms with E-state index in [1.807, 2.05) is 67.7 Å². The molecule has 2 heterocycles. The highest BCUT2D eigenvalue weighted by atomic mass is 35.5. The molecule has 0 unspecified atom stereocenters. The second-order valence-electron chi connectivity index (χ2n) is 7.49. The lowest BCUT2D eigenvalue weighted by atomic mass is 10.1. The van der Waals surface area contributed by atoms with Crippen molar-refractivity contribution >= 4 is 51.9 Å². The minimum atomic E-state index is -0.0800. The number of nitrogens with zero attached hydrogens (tertiary/aromatic N) is 3. The van der Waals surface area contributed by atoms with Crippen molar-refractivity contribution in [1.82, 2.24) is 14.7 Å². The Morgan fingerprint density at radius 2 is 1.97 bits per heavy atom. The zero-order chi connectivity index (χ0) is 23.4. The number of hydrogen-bond acceptors (Lipinski definition) is 5. The summed E-state index contributed by atoms with van der Waals surface area (Å²) in [4.78, 5) is 15.0. The third-order valence-corrected chi connectivity index (χ3v) is 6.87. The fourth-order valence-corrected chi connectivity index (χ4v) is 5.05. The molecule has 0 saturated carbocycles. The molecule has 5 nitrogen and oxygen atoms in total. The number of rotatable bonds is 8. The molecule has 170 valence electrons. The van der Waals surface area contributed by atoms with Crippen LogP contribution in [0.3, 0.4) is 0 Å². The van der Waals surface area contributed by atoms with Gasteiger partial charge in [-0.15, -0.1) is 0 Å². The molecule has 0 spiro atoms. The molecule has 0 bridgehead atoms. The summed E-state index contributed by atoms with van der Waals surface area (Å²) < 4.78 is 8.17. The van der Waals surface area contributed by atoms with E-state index in [9.17, 15) is 4.79 Å². The molecule has 0 radical (unpaired) electrons. The van der Waals surface area contributed by atoms with E-state index in [-0.39, 0.29) is 5.91 Å². The van der Waals surface area contributed by atoms with Gasteiger partial charge in [-0.25, -0.2) is 4.68 Å². The van der Waals surface area contributed by atoms with Gasteiger partial charge in [-0.1, -0.05) is 67.1 Å². The molecule has 1 aliphatic heterocycles. The van der Waals surface area contributed by atoms with E-state index in [1.165, 1.54) is 11.8 Å². The minimum absolute atomic E-state index is 0.0800. The smallest absolute Gasteiger partial charge is 0.266 e. The number of thiocarbonyl (C=S) groups is 1. The van der Waals surface area contributed by atoms with E-state index >= 15 is 0 Å². The van der Waals surface area contributed by atoms with Crippen LogP contribution in [0.5, 0.6) is 5.75 Å². The van der Waals surface area contributed by atoms with Crippen LogP contribution in [0.2, 0.25) is 5.02 Å². The first-order valence-corrected chi connectivity index (χ1v) is 12.4. The number of hydrogen-bond donors (Lipinski definition) is 0. The first-order valence-electron chi connectivity index (χ1n) is 10.8. The second-order valence-corrected chi connectivity index (χ2v) is 9.57. The van der Waals surface area contributed by atoms with Crippen molar-refractivity contribution in [2.45, 2.75) is 26.7 Å². The third kappa shape index (κ3) is 5.16. The number of ether oxygens (including phenoxy) is 1. The topological polar surface area (TPSA) is 47.4 Å². The van der Waals surface area contributed by atoms with E-state index in [2.05, 4.69) is 6.92 Å². The third-order valence-electron chi connectivity index (χ3n) is 5.20. The Morgan fingerprint density at radius 1 is 1.18 bits per heavy atom. The molecule has 8 heteroatoms. The van der Waals surface area contributed by atoms with Crippen LogP contribution in [-0.4, -0.2) is 38.1 Å². The number of likely N-dealkylation sites (N-methyl/N-ethyl adjacent to an activating group) is 1. The molecular weight excluding hydrogens is 474 g/mol. The summed E-state index contributed by atoms with van der Waals surface area (Å²) in [5, 5.41) is 5.36. The highest BCUT2D eigenvalue weighted by Gasteiger charge is 2.31. The number of unbranched alkanes of at least 4 members (excludes halogenated alkanes) is 1. The Labute approximate surface area is 208 Å². The number of carbonyl (C=O) groups excluding carboxylic acids is 1. The highest BCUT2D eigenvalue weighted by molar-refractivity contribution is 8.26. The average Bonchev–Trinajstić information content (AvgIpc) is 3.36. The van der Waals surface area contributed by atoms with Crippen molar-refractivity contribution in [3.05, 3.63) is 70.2 Å². The molecule has 0 atom stereocenters. The standard InChI is InChI=1S/C25H24ClN3O2S2/c1-3-5-13-31-21-12-11-17(14-20(21)26)23-18(15-22-24(30)28(4-2)25(32)33-22)16-29(27-23)19-9-7-6-8-10-19/h6-12,14-16H,3-5,13H2,1-2H3/b22-15-. The largest absolute Gasteiger partial charge is 0.492 e. The molecular formula is C25H24ClN3O2S2. The van der Waals surface area contributed by atoms with Crippen LogP contribution in [0.15, 0.2) is 59.6 Å². The summed E-state index contributed by atoms with van der Waals surface area (Å²) >= 11 is 13.2. The normalized spacial score (nSPS) is 15.0. The van der Waals surface area contributed by atoms with Crippen LogP contribution in [0.25, 0.3) is 23.0 Å². The maximum Gasteiger partial charge on any atom is 0.266 e. The molecule has 1 aromatic heterocycles. The van der Waals surface area contributed by atoms with Crippen molar-refractivity contribution in [3.8, 4) is 22.7 Å². The van der Waals surface area contributed by atoms with E-state index in [1.54, 1.807) is 9.58 Å². The monoisotopic (exact) mass is 497 g/mol. The number of para-hydroxylation sites is 1. The molecule has 0 aliphatic carbocycles. The van der Waals surface area contributed by atoms with Crippen LogP contribution >= 0.6 is 35.6 Å². The average molecular weight is 498 g/mol. The summed E-state index contributed by atoms with van der Waals surface area (Å²) in [5.41, 5.74) is 3.30. The lowest BCUT2D eigenvalue weighted by molar-refractivity contribution is -0.121. The summed E-state index contributed by atoms with van der Waals surface area (Å²) in [5.74, 6) is 0.574. The van der Waals surface area contributed by atoms with Gasteiger partial charge in [0.05, 0.1) is 22.2 Å². The predicted octanol–water partition coefficient (Wildman–Crippen LogP) is 6.59. The number of benzene rings is 2. The molecule has 1 fully saturated rings. The van der Waals surface area contributed by atoms with Crippen LogP contribution in [-0.2, 0) is 4.79 Å². The summed E-state index contributed by atoms with van der Waals surface area (Å²) in [6.45, 7) is 5.21. The Balaban J connectivity index is 1.75. The van der Waals surface area contributed by atoms with Gasteiger partial charge < -0.3 is 4.74 Å². The SMILES string of the molecule is CCCCOc1ccc(-c2nn(-c3ccccc3)cc2/C=C2\SC(=S)N(CC)C2=O)cc1Cl. The van der Waals surface area contributed by atoms with Crippen LogP contribution in [0, 0.1) is 0 Å². The van der Waals surface area contributed by atoms with E-state index < -0.39 is 0 Å². The van der Waals surface area contributed by atoms with Crippen molar-refractivity contribution in [3.63, 3.8) is 0 Å². The lowest BCUT2D eigenvalue weighted by Gasteiger charge is -2.09. The first-order chi connectivity index (χ1) is 16.0. The van der Waals surface area contributed by atoms with Crippen LogP contribution in [0.1, 0.15) is 32.3 Å². The van der Waals surface area contributed by atoms with Gasteiger partial charge in [0, 0.05) is 23.9 Å². The molecule has 0 N–H and O–H groups in total. The Morgan fingerprint density at radius 3 is 2.64 bits per heavy atom. The second kappa shape index (κ2) is 10.5. The highest BCUT2D eigenvalue weighted by Crippen LogP contribution is 2.36. The maximum absolute atomic E-state index is 12.8. The zero-order valence-electron chi connectivity index (χ0n) is 18.5. The lowest BCUT2D eigenvalue weighted by Crippen LogP contribution is -2.27. The predicted molar refractivity (Wildman–Crippen MR) is 140 cm³/mol. The molecule has 2 aromatic carbocycles. The van der Waals surface area contributed by atoms with Gasteiger partial charge in [0.1, 0.15) is 15.8 Å². The number of amides is 1. The van der Waals surface area contributed by atoms with E-state index in [4.69, 9.17) is 33.7 Å². The van der Waals surface area contributed by atoms with Gasteiger partial charge in [-0.2, -0.15) is 5.10 Å². The van der Waals surface area contributed by atoms with Crippen LogP contribution in [0.4, 0.5) is 0 Å². The quantitative estimate of drug-likeness (QED) is 0.199. The van der Waals surface area contributed by atoms with Gasteiger partial charge in [0.15, 0.2) is 0 Å². The number of carbonyl (C=O) groups is 1. The fraction of sp³-hybridized carbons (Fsp3) is 0.240. The molecule has 4 rings (SSSR count). The van der Waals surface area contributed by atoms with Crippen molar-refractivity contribution in [1.29, 1.82) is 0 Å². The molecule has 1 aliphatic rings. The van der Waals surface area contributed by atoms with E-state index in [0.717, 1.165) is 35.3 Å². The van der Waals surface area contributed by atoms with Gasteiger partial charge >= 0.3 is 0 Å². The van der Waals surface area contributed by atoms with Crippen molar-refractivity contribution < 1.29 is 9.53 Å². The molecule has 1 amide bonds. The number of thioether (sulfide) groups is 1. The summed E-state index contributed by atoms with van der Waals surface area (Å²) in [6.07, 6.45) is 5.80. The Hall–Kier alpha value is -2.61. The minimum Gasteiger partial charge on any atom is -0.492 e. The molecule has 33 heavy (non-hydrogen) atoms. The van der Waals surface area contributed by atoms with Gasteiger partial charge in [-0.05, 0) is 49.8 Å². The number of aromatic nitrogens is 2. The van der Waals surface area contributed by atoms with Gasteiger partial charge in [0.25, 0.3) is 5.91 Å². The Kier molecular flexibility index (Phi) is 7.53. The zero-order valence-corrected chi connectivity index (χ0v) is 20.8. The van der Waals surface area contributed by atoms with Crippen LogP contribution < -0.4 is 4.74 Å². The van der Waals surface area contributed by atoms with E-state index in [0.29, 0.717) is 33.1 Å². The van der Waals surface area contributed by atoms with Crippen molar-refractivity contribution in [2.75, 3.05) is 13.2 Å². The molecule has 1 saturated heterocycles. The molecule has 3 aromatic rings. The number of halogens is 1.